The van der Waals surface area contributed by atoms with E-state index < -0.39 is 11.8 Å². The monoisotopic (exact) mass is 521 g/mol. The van der Waals surface area contributed by atoms with Crippen LogP contribution in [-0.2, 0) is 19.8 Å². The Morgan fingerprint density at radius 1 is 0.763 bits per heavy atom. The van der Waals surface area contributed by atoms with E-state index in [1.807, 2.05) is 72.8 Å². The van der Waals surface area contributed by atoms with E-state index in [0.29, 0.717) is 13.2 Å². The molecule has 0 saturated carbocycles. The van der Waals surface area contributed by atoms with E-state index in [4.69, 9.17) is 28.4 Å². The number of hydrogen-bond donors (Lipinski definition) is 0. The van der Waals surface area contributed by atoms with E-state index in [2.05, 4.69) is 4.90 Å². The number of nitrogens with zero attached hydrogens (tertiary/aromatic N) is 1. The molecule has 4 rings (SSSR count). The molecule has 0 bridgehead atoms. The molecule has 1 saturated heterocycles. The van der Waals surface area contributed by atoms with Gasteiger partial charge in [0.15, 0.2) is 6.23 Å². The molecule has 1 atom stereocenters. The third kappa shape index (κ3) is 5.87. The number of carbonyl (C=O) groups is 1. The van der Waals surface area contributed by atoms with Crippen LogP contribution < -0.4 is 14.2 Å². The van der Waals surface area contributed by atoms with Crippen LogP contribution in [0.15, 0.2) is 72.8 Å². The standard InChI is InChI=1S/C30H35NO7/c1-33-25-13-7-22(8-14-25)30(23-9-15-26(34-2)16-10-23,24-11-17-27(35-3)18-12-24)37-21-20-31-19-5-6-28(31)38-29(32)36-4/h7-18,28H,5-6,19-21H2,1-4H3/t28-/m0/s1. The fourth-order valence-electron chi connectivity index (χ4n) is 4.89. The minimum atomic E-state index is -0.941. The van der Waals surface area contributed by atoms with Crippen molar-refractivity contribution < 1.29 is 33.2 Å². The molecule has 0 unspecified atom stereocenters. The molecule has 1 aliphatic heterocycles. The largest absolute Gasteiger partial charge is 0.509 e. The molecule has 0 spiro atoms. The Morgan fingerprint density at radius 3 is 1.61 bits per heavy atom. The molecule has 1 heterocycles. The minimum Gasteiger partial charge on any atom is -0.497 e. The summed E-state index contributed by atoms with van der Waals surface area (Å²) in [6.07, 6.45) is 0.688. The molecular formula is C30H35NO7. The second-order valence-electron chi connectivity index (χ2n) is 8.92. The number of likely N-dealkylation sites (tertiary alicyclic amines) is 1. The molecule has 8 nitrogen and oxygen atoms in total. The van der Waals surface area contributed by atoms with Crippen LogP contribution in [0.2, 0.25) is 0 Å². The highest BCUT2D eigenvalue weighted by atomic mass is 16.7. The molecule has 0 N–H and O–H groups in total. The molecule has 3 aromatic carbocycles. The van der Waals surface area contributed by atoms with Crippen molar-refractivity contribution in [2.45, 2.75) is 24.7 Å². The maximum atomic E-state index is 11.7. The van der Waals surface area contributed by atoms with Crippen molar-refractivity contribution in [3.8, 4) is 17.2 Å². The normalized spacial score (nSPS) is 15.6. The first-order chi connectivity index (χ1) is 18.5. The van der Waals surface area contributed by atoms with Crippen LogP contribution in [0.5, 0.6) is 17.2 Å². The van der Waals surface area contributed by atoms with Gasteiger partial charge in [0, 0.05) is 13.1 Å². The first-order valence-corrected chi connectivity index (χ1v) is 12.6. The molecule has 1 fully saturated rings. The number of benzene rings is 3. The zero-order chi connectivity index (χ0) is 27.0. The van der Waals surface area contributed by atoms with E-state index in [9.17, 15) is 4.79 Å². The highest BCUT2D eigenvalue weighted by molar-refractivity contribution is 5.59. The highest BCUT2D eigenvalue weighted by Crippen LogP contribution is 2.42. The molecule has 0 radical (unpaired) electrons. The molecule has 38 heavy (non-hydrogen) atoms. The first kappa shape index (κ1) is 27.3. The highest BCUT2D eigenvalue weighted by Gasteiger charge is 2.38. The van der Waals surface area contributed by atoms with Crippen LogP contribution in [0.4, 0.5) is 4.79 Å². The van der Waals surface area contributed by atoms with Crippen LogP contribution in [0.1, 0.15) is 29.5 Å². The zero-order valence-corrected chi connectivity index (χ0v) is 22.3. The van der Waals surface area contributed by atoms with E-state index >= 15 is 0 Å². The number of rotatable bonds is 11. The van der Waals surface area contributed by atoms with Gasteiger partial charge in [-0.1, -0.05) is 36.4 Å². The first-order valence-electron chi connectivity index (χ1n) is 12.6. The summed E-state index contributed by atoms with van der Waals surface area (Å²) in [5, 5.41) is 0. The van der Waals surface area contributed by atoms with E-state index in [-0.39, 0.29) is 6.23 Å². The van der Waals surface area contributed by atoms with Gasteiger partial charge in [-0.05, 0) is 65.9 Å². The predicted octanol–water partition coefficient (Wildman–Crippen LogP) is 5.23. The summed E-state index contributed by atoms with van der Waals surface area (Å²) in [4.78, 5) is 13.8. The van der Waals surface area contributed by atoms with Gasteiger partial charge >= 0.3 is 6.16 Å². The van der Waals surface area contributed by atoms with E-state index in [1.165, 1.54) is 7.11 Å². The third-order valence-corrected chi connectivity index (χ3v) is 6.89. The van der Waals surface area contributed by atoms with Gasteiger partial charge in [0.25, 0.3) is 0 Å². The summed E-state index contributed by atoms with van der Waals surface area (Å²) in [5.74, 6) is 2.27. The van der Waals surface area contributed by atoms with Crippen LogP contribution in [0, 0.1) is 0 Å². The fraction of sp³-hybridized carbons (Fsp3) is 0.367. The molecule has 0 amide bonds. The quantitative estimate of drug-likeness (QED) is 0.251. The molecule has 202 valence electrons. The Kier molecular flexibility index (Phi) is 9.10. The van der Waals surface area contributed by atoms with E-state index in [0.717, 1.165) is 53.3 Å². The maximum Gasteiger partial charge on any atom is 0.509 e. The van der Waals surface area contributed by atoms with Crippen molar-refractivity contribution in [3.05, 3.63) is 89.5 Å². The van der Waals surface area contributed by atoms with Crippen LogP contribution >= 0.6 is 0 Å². The molecule has 1 aliphatic rings. The van der Waals surface area contributed by atoms with E-state index in [1.54, 1.807) is 21.3 Å². The van der Waals surface area contributed by atoms with Gasteiger partial charge in [-0.3, -0.25) is 4.90 Å². The minimum absolute atomic E-state index is 0.330. The lowest BCUT2D eigenvalue weighted by Gasteiger charge is -2.37. The second-order valence-corrected chi connectivity index (χ2v) is 8.92. The molecule has 8 heteroatoms. The molecular weight excluding hydrogens is 486 g/mol. The zero-order valence-electron chi connectivity index (χ0n) is 22.3. The summed E-state index contributed by atoms with van der Waals surface area (Å²) < 4.78 is 33.3. The Bertz CT molecular complexity index is 1050. The summed E-state index contributed by atoms with van der Waals surface area (Å²) in [7, 11) is 6.26. The van der Waals surface area contributed by atoms with Crippen molar-refractivity contribution in [3.63, 3.8) is 0 Å². The lowest BCUT2D eigenvalue weighted by molar-refractivity contribution is -0.0467. The Hall–Kier alpha value is -3.75. The average Bonchev–Trinajstić information content (AvgIpc) is 3.42. The second kappa shape index (κ2) is 12.7. The summed E-state index contributed by atoms with van der Waals surface area (Å²) in [6, 6.07) is 23.7. The SMILES string of the molecule is COC(=O)O[C@H]1CCCN1CCOC(c1ccc(OC)cc1)(c1ccc(OC)cc1)c1ccc(OC)cc1. The van der Waals surface area contributed by atoms with Gasteiger partial charge in [-0.2, -0.15) is 0 Å². The molecule has 0 aliphatic carbocycles. The number of methoxy groups -OCH3 is 4. The van der Waals surface area contributed by atoms with Crippen molar-refractivity contribution >= 4 is 6.16 Å². The van der Waals surface area contributed by atoms with Crippen molar-refractivity contribution in [1.29, 1.82) is 0 Å². The van der Waals surface area contributed by atoms with Crippen LogP contribution in [0.3, 0.4) is 0 Å². The lowest BCUT2D eigenvalue weighted by Crippen LogP contribution is -2.39. The van der Waals surface area contributed by atoms with Crippen molar-refractivity contribution in [2.24, 2.45) is 0 Å². The maximum absolute atomic E-state index is 11.7. The smallest absolute Gasteiger partial charge is 0.497 e. The number of hydrogen-bond acceptors (Lipinski definition) is 8. The summed E-state index contributed by atoms with van der Waals surface area (Å²) >= 11 is 0. The van der Waals surface area contributed by atoms with Gasteiger partial charge in [-0.15, -0.1) is 0 Å². The van der Waals surface area contributed by atoms with Gasteiger partial charge in [-0.25, -0.2) is 4.79 Å². The fourth-order valence-corrected chi connectivity index (χ4v) is 4.89. The summed E-state index contributed by atoms with van der Waals surface area (Å²) in [6.45, 7) is 1.77. The van der Waals surface area contributed by atoms with Gasteiger partial charge < -0.3 is 28.4 Å². The topological polar surface area (TPSA) is 75.7 Å². The predicted molar refractivity (Wildman–Crippen MR) is 143 cm³/mol. The summed E-state index contributed by atoms with van der Waals surface area (Å²) in [5.41, 5.74) is 1.88. The van der Waals surface area contributed by atoms with Crippen molar-refractivity contribution in [1.82, 2.24) is 4.90 Å². The number of ether oxygens (including phenoxy) is 6. The number of carbonyl (C=O) groups excluding carboxylic acids is 1. The Morgan fingerprint density at radius 2 is 1.21 bits per heavy atom. The van der Waals surface area contributed by atoms with Gasteiger partial charge in [0.1, 0.15) is 22.8 Å². The van der Waals surface area contributed by atoms with Crippen LogP contribution in [-0.4, -0.2) is 65.4 Å². The third-order valence-electron chi connectivity index (χ3n) is 6.89. The van der Waals surface area contributed by atoms with Gasteiger partial charge in [0.2, 0.25) is 0 Å². The Balaban J connectivity index is 1.73. The lowest BCUT2D eigenvalue weighted by atomic mass is 9.80. The van der Waals surface area contributed by atoms with Crippen molar-refractivity contribution in [2.75, 3.05) is 48.1 Å². The molecule has 0 aromatic heterocycles. The Labute approximate surface area is 224 Å². The average molecular weight is 522 g/mol. The van der Waals surface area contributed by atoms with Crippen LogP contribution in [0.25, 0.3) is 0 Å². The van der Waals surface area contributed by atoms with Gasteiger partial charge in [0.05, 0.1) is 35.0 Å². The molecule has 3 aromatic rings.